The minimum absolute atomic E-state index is 0.0260. The monoisotopic (exact) mass is 318 g/mol. The molecule has 0 aliphatic rings. The van der Waals surface area contributed by atoms with E-state index in [-0.39, 0.29) is 5.56 Å². The standard InChI is InChI=1S/C19H18N4O/c1-22(2)11-12-23-18-15-9-5-6-10-16(15)20-21-17(18)13-7-3-4-8-14(13)19(23)24/h3-10H,11-12H2,1-2H3. The second-order valence-electron chi connectivity index (χ2n) is 6.22. The molecule has 2 heterocycles. The highest BCUT2D eigenvalue weighted by Gasteiger charge is 2.15. The van der Waals surface area contributed by atoms with E-state index in [1.165, 1.54) is 0 Å². The molecular weight excluding hydrogens is 300 g/mol. The lowest BCUT2D eigenvalue weighted by atomic mass is 10.1. The molecule has 4 rings (SSSR count). The van der Waals surface area contributed by atoms with Gasteiger partial charge in [0.05, 0.1) is 11.0 Å². The van der Waals surface area contributed by atoms with Crippen LogP contribution in [0.4, 0.5) is 0 Å². The summed E-state index contributed by atoms with van der Waals surface area (Å²) in [5.41, 5.74) is 2.48. The van der Waals surface area contributed by atoms with Gasteiger partial charge in [-0.1, -0.05) is 36.4 Å². The van der Waals surface area contributed by atoms with Crippen molar-refractivity contribution in [1.82, 2.24) is 19.7 Å². The van der Waals surface area contributed by atoms with E-state index in [0.717, 1.165) is 33.9 Å². The van der Waals surface area contributed by atoms with Crippen molar-refractivity contribution in [3.63, 3.8) is 0 Å². The largest absolute Gasteiger partial charge is 0.308 e. The minimum atomic E-state index is 0.0260. The smallest absolute Gasteiger partial charge is 0.259 e. The molecule has 120 valence electrons. The second-order valence-corrected chi connectivity index (χ2v) is 6.22. The average molecular weight is 318 g/mol. The van der Waals surface area contributed by atoms with Crippen molar-refractivity contribution in [2.75, 3.05) is 20.6 Å². The summed E-state index contributed by atoms with van der Waals surface area (Å²) in [5.74, 6) is 0. The highest BCUT2D eigenvalue weighted by molar-refractivity contribution is 6.11. The van der Waals surface area contributed by atoms with E-state index < -0.39 is 0 Å². The van der Waals surface area contributed by atoms with Crippen molar-refractivity contribution in [2.45, 2.75) is 6.54 Å². The van der Waals surface area contributed by atoms with Gasteiger partial charge in [0.2, 0.25) is 0 Å². The first-order valence-corrected chi connectivity index (χ1v) is 7.98. The maximum absolute atomic E-state index is 13.1. The van der Waals surface area contributed by atoms with Gasteiger partial charge < -0.3 is 9.47 Å². The lowest BCUT2D eigenvalue weighted by Gasteiger charge is -2.16. The Bertz CT molecular complexity index is 1110. The molecule has 0 fully saturated rings. The van der Waals surface area contributed by atoms with Crippen LogP contribution in [0.15, 0.2) is 53.3 Å². The van der Waals surface area contributed by atoms with E-state index in [1.807, 2.05) is 67.2 Å². The van der Waals surface area contributed by atoms with Gasteiger partial charge in [-0.05, 0) is 26.2 Å². The number of likely N-dealkylation sites (N-methyl/N-ethyl adjacent to an activating group) is 1. The number of fused-ring (bicyclic) bond motifs is 5. The third-order valence-electron chi connectivity index (χ3n) is 4.34. The molecule has 0 bridgehead atoms. The Morgan fingerprint density at radius 2 is 1.58 bits per heavy atom. The van der Waals surface area contributed by atoms with Crippen LogP contribution in [0.3, 0.4) is 0 Å². The SMILES string of the molecule is CN(C)CCn1c(=O)c2ccccc2c2nnc3ccccc3c21. The zero-order valence-electron chi connectivity index (χ0n) is 13.7. The van der Waals surface area contributed by atoms with Crippen LogP contribution < -0.4 is 5.56 Å². The molecule has 0 radical (unpaired) electrons. The normalized spacial score (nSPS) is 11.8. The molecule has 0 atom stereocenters. The number of benzene rings is 2. The number of pyridine rings is 1. The van der Waals surface area contributed by atoms with Crippen LogP contribution in [-0.2, 0) is 6.54 Å². The molecule has 2 aromatic heterocycles. The molecule has 0 aliphatic heterocycles. The van der Waals surface area contributed by atoms with Crippen LogP contribution in [-0.4, -0.2) is 40.3 Å². The minimum Gasteiger partial charge on any atom is -0.308 e. The number of aromatic nitrogens is 3. The molecule has 0 saturated heterocycles. The highest BCUT2D eigenvalue weighted by Crippen LogP contribution is 2.26. The lowest BCUT2D eigenvalue weighted by Crippen LogP contribution is -2.27. The summed E-state index contributed by atoms with van der Waals surface area (Å²) in [7, 11) is 4.01. The number of rotatable bonds is 3. The molecule has 4 aromatic rings. The summed E-state index contributed by atoms with van der Waals surface area (Å²) in [5, 5.41) is 11.3. The molecule has 0 spiro atoms. The molecular formula is C19H18N4O. The zero-order valence-corrected chi connectivity index (χ0v) is 13.7. The van der Waals surface area contributed by atoms with E-state index >= 15 is 0 Å². The fourth-order valence-corrected chi connectivity index (χ4v) is 3.13. The molecule has 2 aromatic carbocycles. The van der Waals surface area contributed by atoms with Gasteiger partial charge in [-0.25, -0.2) is 0 Å². The summed E-state index contributed by atoms with van der Waals surface area (Å²) >= 11 is 0. The Labute approximate surface area is 139 Å². The Hall–Kier alpha value is -2.79. The van der Waals surface area contributed by atoms with Crippen molar-refractivity contribution in [1.29, 1.82) is 0 Å². The van der Waals surface area contributed by atoms with Gasteiger partial charge in [-0.3, -0.25) is 4.79 Å². The summed E-state index contributed by atoms with van der Waals surface area (Å²) in [6, 6.07) is 15.5. The molecule has 24 heavy (non-hydrogen) atoms. The first kappa shape index (κ1) is 14.8. The Morgan fingerprint density at radius 1 is 0.917 bits per heavy atom. The Morgan fingerprint density at radius 3 is 2.33 bits per heavy atom. The third-order valence-corrected chi connectivity index (χ3v) is 4.34. The summed E-state index contributed by atoms with van der Waals surface area (Å²) in [6.45, 7) is 1.40. The van der Waals surface area contributed by atoms with E-state index in [4.69, 9.17) is 0 Å². The fourth-order valence-electron chi connectivity index (χ4n) is 3.13. The zero-order chi connectivity index (χ0) is 16.7. The maximum Gasteiger partial charge on any atom is 0.259 e. The predicted molar refractivity (Wildman–Crippen MR) is 97.4 cm³/mol. The molecule has 0 aliphatic carbocycles. The first-order valence-electron chi connectivity index (χ1n) is 7.98. The highest BCUT2D eigenvalue weighted by atomic mass is 16.1. The van der Waals surface area contributed by atoms with Crippen molar-refractivity contribution < 1.29 is 0 Å². The molecule has 0 saturated carbocycles. The van der Waals surface area contributed by atoms with E-state index in [1.54, 1.807) is 0 Å². The maximum atomic E-state index is 13.1. The molecule has 5 nitrogen and oxygen atoms in total. The van der Waals surface area contributed by atoms with Gasteiger partial charge in [-0.2, -0.15) is 0 Å². The van der Waals surface area contributed by atoms with Gasteiger partial charge in [0, 0.05) is 29.2 Å². The van der Waals surface area contributed by atoms with Gasteiger partial charge in [0.1, 0.15) is 5.52 Å². The Balaban J connectivity index is 2.20. The van der Waals surface area contributed by atoms with Crippen LogP contribution >= 0.6 is 0 Å². The van der Waals surface area contributed by atoms with E-state index in [9.17, 15) is 4.79 Å². The van der Waals surface area contributed by atoms with Crippen LogP contribution in [0.1, 0.15) is 0 Å². The van der Waals surface area contributed by atoms with Gasteiger partial charge in [0.15, 0.2) is 0 Å². The molecule has 0 amide bonds. The van der Waals surface area contributed by atoms with Gasteiger partial charge in [-0.15, -0.1) is 10.2 Å². The van der Waals surface area contributed by atoms with E-state index in [0.29, 0.717) is 11.9 Å². The van der Waals surface area contributed by atoms with Crippen molar-refractivity contribution >= 4 is 32.7 Å². The van der Waals surface area contributed by atoms with Gasteiger partial charge >= 0.3 is 0 Å². The number of hydrogen-bond donors (Lipinski definition) is 0. The van der Waals surface area contributed by atoms with Crippen molar-refractivity contribution in [3.05, 3.63) is 58.9 Å². The molecule has 0 N–H and O–H groups in total. The lowest BCUT2D eigenvalue weighted by molar-refractivity contribution is 0.385. The average Bonchev–Trinajstić information content (AvgIpc) is 2.61. The third kappa shape index (κ3) is 2.25. The number of nitrogens with zero attached hydrogens (tertiary/aromatic N) is 4. The second kappa shape index (κ2) is 5.69. The van der Waals surface area contributed by atoms with Crippen LogP contribution in [0.5, 0.6) is 0 Å². The van der Waals surface area contributed by atoms with Crippen LogP contribution in [0, 0.1) is 0 Å². The quantitative estimate of drug-likeness (QED) is 0.545. The molecule has 5 heteroatoms. The Kier molecular flexibility index (Phi) is 3.50. The van der Waals surface area contributed by atoms with Crippen LogP contribution in [0.25, 0.3) is 32.7 Å². The fraction of sp³-hybridized carbons (Fsp3) is 0.211. The van der Waals surface area contributed by atoms with Crippen LogP contribution in [0.2, 0.25) is 0 Å². The number of hydrogen-bond acceptors (Lipinski definition) is 4. The molecule has 0 unspecified atom stereocenters. The first-order chi connectivity index (χ1) is 11.7. The summed E-state index contributed by atoms with van der Waals surface area (Å²) in [6.07, 6.45) is 0. The van der Waals surface area contributed by atoms with Gasteiger partial charge in [0.25, 0.3) is 5.56 Å². The van der Waals surface area contributed by atoms with E-state index in [2.05, 4.69) is 15.1 Å². The summed E-state index contributed by atoms with van der Waals surface area (Å²) in [4.78, 5) is 15.2. The predicted octanol–water partition coefficient (Wildman–Crippen LogP) is 2.66. The summed E-state index contributed by atoms with van der Waals surface area (Å²) < 4.78 is 1.84. The van der Waals surface area contributed by atoms with Crippen molar-refractivity contribution in [2.24, 2.45) is 0 Å². The van der Waals surface area contributed by atoms with Crippen molar-refractivity contribution in [3.8, 4) is 0 Å². The topological polar surface area (TPSA) is 51.0 Å².